The fourth-order valence-electron chi connectivity index (χ4n) is 4.65. The first-order valence-electron chi connectivity index (χ1n) is 14.3. The minimum Gasteiger partial charge on any atom is -0.494 e. The number of aromatic amines is 2. The van der Waals surface area contributed by atoms with Crippen LogP contribution in [0.4, 0.5) is 16.4 Å². The van der Waals surface area contributed by atoms with Crippen molar-refractivity contribution < 1.29 is 23.9 Å². The smallest absolute Gasteiger partial charge is 0.410 e. The molecule has 0 aliphatic carbocycles. The summed E-state index contributed by atoms with van der Waals surface area (Å²) in [6, 6.07) is 12.8. The number of nitrogens with one attached hydrogen (secondary N) is 4. The number of fused-ring (bicyclic) bond motifs is 1. The molecule has 3 amide bonds. The minimum absolute atomic E-state index is 0.0178. The zero-order valence-electron chi connectivity index (χ0n) is 24.8. The van der Waals surface area contributed by atoms with Gasteiger partial charge >= 0.3 is 6.09 Å². The molecule has 4 N–H and O–H groups in total. The van der Waals surface area contributed by atoms with Crippen LogP contribution in [0.15, 0.2) is 48.8 Å². The highest BCUT2D eigenvalue weighted by Gasteiger charge is 2.26. The monoisotopic (exact) mass is 714 g/mol. The van der Waals surface area contributed by atoms with Crippen LogP contribution in [-0.2, 0) is 4.74 Å². The van der Waals surface area contributed by atoms with E-state index in [-0.39, 0.29) is 23.4 Å². The summed E-state index contributed by atoms with van der Waals surface area (Å²) in [5.74, 6) is -0.120. The summed E-state index contributed by atoms with van der Waals surface area (Å²) in [4.78, 5) is 56.4. The largest absolute Gasteiger partial charge is 0.494 e. The number of aromatic nitrogens is 4. The van der Waals surface area contributed by atoms with Gasteiger partial charge in [-0.1, -0.05) is 12.1 Å². The number of rotatable bonds is 9. The molecule has 13 nitrogen and oxygen atoms in total. The number of H-pyrrole nitrogens is 2. The van der Waals surface area contributed by atoms with Crippen LogP contribution >= 0.6 is 22.6 Å². The second-order valence-electron chi connectivity index (χ2n) is 11.3. The zero-order chi connectivity index (χ0) is 31.3. The predicted molar refractivity (Wildman–Crippen MR) is 174 cm³/mol. The van der Waals surface area contributed by atoms with Crippen LogP contribution in [0.3, 0.4) is 0 Å². The van der Waals surface area contributed by atoms with E-state index in [1.807, 2.05) is 51.1 Å². The summed E-state index contributed by atoms with van der Waals surface area (Å²) in [6.07, 6.45) is 1.87. The van der Waals surface area contributed by atoms with Crippen LogP contribution in [0, 0.1) is 3.57 Å². The highest BCUT2D eigenvalue weighted by atomic mass is 127. The van der Waals surface area contributed by atoms with Crippen LogP contribution in [-0.4, -0.2) is 92.6 Å². The molecular formula is C30H35IN8O5. The number of carbonyl (C=O) groups excluding carboxylic acids is 3. The Hall–Kier alpha value is -4.18. The lowest BCUT2D eigenvalue weighted by atomic mass is 10.2. The quantitative estimate of drug-likeness (QED) is 0.143. The number of hydrogen-bond acceptors (Lipinski definition) is 8. The minimum atomic E-state index is -0.546. The molecule has 3 heterocycles. The van der Waals surface area contributed by atoms with Gasteiger partial charge in [-0.25, -0.2) is 14.8 Å². The fraction of sp³-hybridized carbons (Fsp3) is 0.367. The van der Waals surface area contributed by atoms with Gasteiger partial charge in [0.05, 0.1) is 29.7 Å². The fourth-order valence-corrected chi connectivity index (χ4v) is 5.27. The van der Waals surface area contributed by atoms with Crippen LogP contribution in [0.1, 0.15) is 48.2 Å². The maximum atomic E-state index is 13.0. The molecular weight excluding hydrogens is 679 g/mol. The Morgan fingerprint density at radius 2 is 1.80 bits per heavy atom. The molecule has 1 fully saturated rings. The molecule has 0 unspecified atom stereocenters. The van der Waals surface area contributed by atoms with Gasteiger partial charge in [0.15, 0.2) is 5.69 Å². The number of amides is 3. The Balaban J connectivity index is 1.07. The number of hydrogen-bond donors (Lipinski definition) is 4. The summed E-state index contributed by atoms with van der Waals surface area (Å²) in [7, 11) is 0. The van der Waals surface area contributed by atoms with Crippen molar-refractivity contribution in [3.8, 4) is 5.75 Å². The lowest BCUT2D eigenvalue weighted by molar-refractivity contribution is 0.0142. The predicted octanol–water partition coefficient (Wildman–Crippen LogP) is 4.72. The first-order valence-corrected chi connectivity index (χ1v) is 15.4. The number of carbonyl (C=O) groups is 3. The first kappa shape index (κ1) is 31.3. The summed E-state index contributed by atoms with van der Waals surface area (Å²) in [6.45, 7) is 9.89. The molecule has 4 aromatic rings. The Morgan fingerprint density at radius 3 is 2.52 bits per heavy atom. The summed E-state index contributed by atoms with van der Waals surface area (Å²) < 4.78 is 12.2. The Kier molecular flexibility index (Phi) is 9.68. The molecule has 0 spiro atoms. The normalized spacial score (nSPS) is 14.0. The van der Waals surface area contributed by atoms with Crippen LogP contribution in [0.5, 0.6) is 5.75 Å². The van der Waals surface area contributed by atoms with Crippen molar-refractivity contribution in [3.05, 3.63) is 63.7 Å². The molecule has 44 heavy (non-hydrogen) atoms. The van der Waals surface area contributed by atoms with Crippen molar-refractivity contribution >= 4 is 63.2 Å². The van der Waals surface area contributed by atoms with Gasteiger partial charge in [0.25, 0.3) is 11.8 Å². The third-order valence-corrected chi connectivity index (χ3v) is 7.70. The van der Waals surface area contributed by atoms with Crippen LogP contribution in [0.2, 0.25) is 0 Å². The van der Waals surface area contributed by atoms with Crippen molar-refractivity contribution in [3.63, 3.8) is 0 Å². The maximum Gasteiger partial charge on any atom is 0.410 e. The Labute approximate surface area is 268 Å². The SMILES string of the molecule is CC(C)(C)OC(=O)N1CCN(CCCOc2ccc(NC(=O)c3nc[nH]c3C(=O)Nc3nc4ccccc4[nH]3)c(I)c2)CC1. The lowest BCUT2D eigenvalue weighted by Gasteiger charge is -2.35. The molecule has 2 aromatic carbocycles. The Bertz CT molecular complexity index is 1600. The highest BCUT2D eigenvalue weighted by molar-refractivity contribution is 14.1. The molecule has 1 aliphatic heterocycles. The van der Waals surface area contributed by atoms with Crippen molar-refractivity contribution in [2.75, 3.05) is 50.0 Å². The molecule has 5 rings (SSSR count). The summed E-state index contributed by atoms with van der Waals surface area (Å²) >= 11 is 2.13. The van der Waals surface area contributed by atoms with Crippen molar-refractivity contribution in [2.45, 2.75) is 32.8 Å². The third-order valence-electron chi connectivity index (χ3n) is 6.80. The number of anilines is 2. The molecule has 232 valence electrons. The summed E-state index contributed by atoms with van der Waals surface area (Å²) in [5, 5.41) is 5.50. The number of para-hydroxylation sites is 2. The van der Waals surface area contributed by atoms with Gasteiger partial charge in [0, 0.05) is 36.3 Å². The van der Waals surface area contributed by atoms with E-state index in [0.29, 0.717) is 36.6 Å². The zero-order valence-corrected chi connectivity index (χ0v) is 26.9. The van der Waals surface area contributed by atoms with Crippen LogP contribution in [0.25, 0.3) is 11.0 Å². The van der Waals surface area contributed by atoms with Gasteiger partial charge in [-0.15, -0.1) is 0 Å². The van der Waals surface area contributed by atoms with Gasteiger partial charge in [-0.2, -0.15) is 0 Å². The maximum absolute atomic E-state index is 13.0. The van der Waals surface area contributed by atoms with E-state index in [1.165, 1.54) is 6.33 Å². The van der Waals surface area contributed by atoms with E-state index in [0.717, 1.165) is 35.1 Å². The molecule has 0 radical (unpaired) electrons. The van der Waals surface area contributed by atoms with E-state index in [1.54, 1.807) is 17.0 Å². The number of nitrogens with zero attached hydrogens (tertiary/aromatic N) is 4. The van der Waals surface area contributed by atoms with Gasteiger partial charge in [-0.3, -0.25) is 19.8 Å². The van der Waals surface area contributed by atoms with Gasteiger partial charge in [0.1, 0.15) is 17.0 Å². The average molecular weight is 715 g/mol. The molecule has 1 saturated heterocycles. The third kappa shape index (κ3) is 8.05. The van der Waals surface area contributed by atoms with Gasteiger partial charge < -0.3 is 29.7 Å². The van der Waals surface area contributed by atoms with E-state index in [4.69, 9.17) is 9.47 Å². The number of piperazine rings is 1. The molecule has 0 bridgehead atoms. The molecule has 1 aliphatic rings. The Morgan fingerprint density at radius 1 is 1.02 bits per heavy atom. The van der Waals surface area contributed by atoms with Gasteiger partial charge in [-0.05, 0) is 80.1 Å². The van der Waals surface area contributed by atoms with Crippen molar-refractivity contribution in [1.29, 1.82) is 0 Å². The molecule has 14 heteroatoms. The molecule has 2 aromatic heterocycles. The number of benzene rings is 2. The van der Waals surface area contributed by atoms with Gasteiger partial charge in [0.2, 0.25) is 5.95 Å². The highest BCUT2D eigenvalue weighted by Crippen LogP contribution is 2.25. The van der Waals surface area contributed by atoms with Crippen LogP contribution < -0.4 is 15.4 Å². The first-order chi connectivity index (χ1) is 21.1. The number of ether oxygens (including phenoxy) is 2. The molecule has 0 saturated carbocycles. The number of imidazole rings is 2. The van der Waals surface area contributed by atoms with E-state index < -0.39 is 17.4 Å². The number of halogens is 1. The average Bonchev–Trinajstić information content (AvgIpc) is 3.63. The topological polar surface area (TPSA) is 158 Å². The second-order valence-corrected chi connectivity index (χ2v) is 12.5. The van der Waals surface area contributed by atoms with Crippen molar-refractivity contribution in [2.24, 2.45) is 0 Å². The lowest BCUT2D eigenvalue weighted by Crippen LogP contribution is -2.50. The van der Waals surface area contributed by atoms with E-state index >= 15 is 0 Å². The standard InChI is InChI=1S/C30H35IN8O5/c1-30(2,3)44-29(42)39-14-12-38(13-15-39)11-6-16-43-19-9-10-21(20(31)17-19)34-26(40)24-25(33-18-32-24)27(41)37-28-35-22-7-4-5-8-23(22)36-28/h4-5,7-10,17-18H,6,11-16H2,1-3H3,(H,32,33)(H,34,40)(H2,35,36,37,41). The second kappa shape index (κ2) is 13.6. The molecule has 0 atom stereocenters. The van der Waals surface area contributed by atoms with Crippen molar-refractivity contribution in [1.82, 2.24) is 29.7 Å². The van der Waals surface area contributed by atoms with E-state index in [9.17, 15) is 14.4 Å². The van der Waals surface area contributed by atoms with E-state index in [2.05, 4.69) is 58.1 Å². The summed E-state index contributed by atoms with van der Waals surface area (Å²) in [5.41, 5.74) is 1.54.